The highest BCUT2D eigenvalue weighted by atomic mass is 19.1. The second-order valence-electron chi connectivity index (χ2n) is 5.74. The lowest BCUT2D eigenvalue weighted by Gasteiger charge is -2.30. The molecule has 2 fully saturated rings. The third kappa shape index (κ3) is 4.44. The maximum Gasteiger partial charge on any atom is 0.309 e. The fraction of sp³-hybridized carbons (Fsp3) is 0.933. The molecule has 0 saturated heterocycles. The van der Waals surface area contributed by atoms with Crippen LogP contribution in [0.15, 0.2) is 0 Å². The molecule has 0 bridgehead atoms. The van der Waals surface area contributed by atoms with E-state index in [1.54, 1.807) is 0 Å². The van der Waals surface area contributed by atoms with Crippen molar-refractivity contribution < 1.29 is 18.7 Å². The van der Waals surface area contributed by atoms with E-state index in [2.05, 4.69) is 0 Å². The highest BCUT2D eigenvalue weighted by Crippen LogP contribution is 2.29. The Labute approximate surface area is 114 Å². The van der Waals surface area contributed by atoms with Gasteiger partial charge < -0.3 is 9.47 Å². The smallest absolute Gasteiger partial charge is 0.309 e. The van der Waals surface area contributed by atoms with E-state index in [1.807, 2.05) is 6.92 Å². The van der Waals surface area contributed by atoms with Crippen molar-refractivity contribution in [3.8, 4) is 0 Å². The van der Waals surface area contributed by atoms with E-state index in [0.29, 0.717) is 31.8 Å². The predicted octanol–water partition coefficient (Wildman–Crippen LogP) is 3.41. The minimum absolute atomic E-state index is 0.0276. The summed E-state index contributed by atoms with van der Waals surface area (Å²) in [6, 6.07) is 0. The first-order valence-electron chi connectivity index (χ1n) is 7.65. The molecule has 4 heteroatoms. The van der Waals surface area contributed by atoms with Gasteiger partial charge in [0.25, 0.3) is 0 Å². The minimum atomic E-state index is -0.698. The Balaban J connectivity index is 1.69. The summed E-state index contributed by atoms with van der Waals surface area (Å²) in [6.45, 7) is 2.74. The number of halogens is 1. The number of alkyl halides is 1. The van der Waals surface area contributed by atoms with Gasteiger partial charge in [-0.15, -0.1) is 0 Å². The van der Waals surface area contributed by atoms with Crippen molar-refractivity contribution in [1.29, 1.82) is 0 Å². The molecule has 2 rings (SSSR count). The van der Waals surface area contributed by atoms with E-state index in [9.17, 15) is 9.18 Å². The standard InChI is InChI=1S/C15H25FO3/c1-2-18-13-7-3-11(4-8-13)15(17)19-14-9-5-12(16)6-10-14/h11-14H,2-10H2,1H3. The van der Waals surface area contributed by atoms with Crippen LogP contribution in [0, 0.1) is 5.92 Å². The van der Waals surface area contributed by atoms with Gasteiger partial charge in [-0.3, -0.25) is 4.79 Å². The first-order chi connectivity index (χ1) is 9.19. The molecule has 0 aromatic carbocycles. The molecule has 2 saturated carbocycles. The normalized spacial score (nSPS) is 35.9. The molecule has 0 aliphatic heterocycles. The molecule has 0 unspecified atom stereocenters. The van der Waals surface area contributed by atoms with Gasteiger partial charge in [0.1, 0.15) is 12.3 Å². The van der Waals surface area contributed by atoms with Crippen LogP contribution in [-0.4, -0.2) is 31.0 Å². The van der Waals surface area contributed by atoms with Gasteiger partial charge in [-0.1, -0.05) is 0 Å². The quantitative estimate of drug-likeness (QED) is 0.736. The van der Waals surface area contributed by atoms with Gasteiger partial charge in [0.15, 0.2) is 0 Å². The first kappa shape index (κ1) is 14.8. The number of rotatable bonds is 4. The van der Waals surface area contributed by atoms with E-state index < -0.39 is 6.17 Å². The Hall–Kier alpha value is -0.640. The number of carbonyl (C=O) groups is 1. The van der Waals surface area contributed by atoms with Crippen molar-refractivity contribution in [2.75, 3.05) is 6.61 Å². The number of hydrogen-bond acceptors (Lipinski definition) is 3. The Kier molecular flexibility index (Phi) is 5.61. The molecule has 0 heterocycles. The van der Waals surface area contributed by atoms with Crippen LogP contribution in [0.2, 0.25) is 0 Å². The molecule has 0 N–H and O–H groups in total. The van der Waals surface area contributed by atoms with E-state index >= 15 is 0 Å². The molecular formula is C15H25FO3. The van der Waals surface area contributed by atoms with Gasteiger partial charge in [-0.25, -0.2) is 4.39 Å². The summed E-state index contributed by atoms with van der Waals surface area (Å²) in [4.78, 5) is 12.1. The van der Waals surface area contributed by atoms with Crippen LogP contribution in [0.25, 0.3) is 0 Å². The number of hydrogen-bond donors (Lipinski definition) is 0. The summed E-state index contributed by atoms with van der Waals surface area (Å²) < 4.78 is 24.1. The summed E-state index contributed by atoms with van der Waals surface area (Å²) in [7, 11) is 0. The average molecular weight is 272 g/mol. The zero-order valence-corrected chi connectivity index (χ0v) is 11.8. The predicted molar refractivity (Wildman–Crippen MR) is 70.6 cm³/mol. The van der Waals surface area contributed by atoms with Crippen molar-refractivity contribution in [3.05, 3.63) is 0 Å². The molecule has 0 aromatic heterocycles. The van der Waals surface area contributed by atoms with Crippen LogP contribution >= 0.6 is 0 Å². The molecule has 110 valence electrons. The van der Waals surface area contributed by atoms with E-state index in [-0.39, 0.29) is 18.0 Å². The zero-order valence-electron chi connectivity index (χ0n) is 11.8. The second kappa shape index (κ2) is 7.22. The summed E-state index contributed by atoms with van der Waals surface area (Å²) in [5.74, 6) is -0.0444. The molecular weight excluding hydrogens is 247 g/mol. The summed E-state index contributed by atoms with van der Waals surface area (Å²) >= 11 is 0. The lowest BCUT2D eigenvalue weighted by atomic mass is 9.87. The molecule has 2 aliphatic rings. The van der Waals surface area contributed by atoms with Crippen LogP contribution < -0.4 is 0 Å². The van der Waals surface area contributed by atoms with Crippen LogP contribution in [0.4, 0.5) is 4.39 Å². The summed E-state index contributed by atoms with van der Waals surface area (Å²) in [5.41, 5.74) is 0. The van der Waals surface area contributed by atoms with Crippen LogP contribution in [0.1, 0.15) is 58.3 Å². The minimum Gasteiger partial charge on any atom is -0.462 e. The number of esters is 1. The van der Waals surface area contributed by atoms with Gasteiger partial charge in [0.2, 0.25) is 0 Å². The molecule has 0 radical (unpaired) electrons. The molecule has 0 spiro atoms. The highest BCUT2D eigenvalue weighted by Gasteiger charge is 2.30. The molecule has 3 nitrogen and oxygen atoms in total. The largest absolute Gasteiger partial charge is 0.462 e. The number of ether oxygens (including phenoxy) is 2. The van der Waals surface area contributed by atoms with Crippen molar-refractivity contribution in [2.24, 2.45) is 5.92 Å². The van der Waals surface area contributed by atoms with E-state index in [1.165, 1.54) is 0 Å². The van der Waals surface area contributed by atoms with Crippen LogP contribution in [-0.2, 0) is 14.3 Å². The zero-order chi connectivity index (χ0) is 13.7. The monoisotopic (exact) mass is 272 g/mol. The van der Waals surface area contributed by atoms with Crippen LogP contribution in [0.3, 0.4) is 0 Å². The Morgan fingerprint density at radius 2 is 1.58 bits per heavy atom. The molecule has 2 aliphatic carbocycles. The first-order valence-corrected chi connectivity index (χ1v) is 7.65. The van der Waals surface area contributed by atoms with Gasteiger partial charge in [0, 0.05) is 6.61 Å². The van der Waals surface area contributed by atoms with Crippen molar-refractivity contribution in [3.63, 3.8) is 0 Å². The van der Waals surface area contributed by atoms with Crippen molar-refractivity contribution in [1.82, 2.24) is 0 Å². The van der Waals surface area contributed by atoms with Gasteiger partial charge in [-0.2, -0.15) is 0 Å². The maximum absolute atomic E-state index is 13.0. The Morgan fingerprint density at radius 3 is 2.16 bits per heavy atom. The summed E-state index contributed by atoms with van der Waals surface area (Å²) in [5, 5.41) is 0. The van der Waals surface area contributed by atoms with Crippen LogP contribution in [0.5, 0.6) is 0 Å². The van der Waals surface area contributed by atoms with Crippen molar-refractivity contribution in [2.45, 2.75) is 76.7 Å². The third-order valence-corrected chi connectivity index (χ3v) is 4.30. The molecule has 0 aromatic rings. The van der Waals surface area contributed by atoms with Gasteiger partial charge in [-0.05, 0) is 58.3 Å². The van der Waals surface area contributed by atoms with Gasteiger partial charge in [0.05, 0.1) is 12.0 Å². The summed E-state index contributed by atoms with van der Waals surface area (Å²) in [6.07, 6.45) is 5.63. The lowest BCUT2D eigenvalue weighted by Crippen LogP contribution is -2.31. The molecule has 0 atom stereocenters. The fourth-order valence-electron chi connectivity index (χ4n) is 3.10. The molecule has 0 amide bonds. The average Bonchev–Trinajstić information content (AvgIpc) is 2.42. The Bertz CT molecular complexity index is 279. The van der Waals surface area contributed by atoms with Crippen molar-refractivity contribution >= 4 is 5.97 Å². The van der Waals surface area contributed by atoms with E-state index in [0.717, 1.165) is 32.3 Å². The SMILES string of the molecule is CCOC1CCC(C(=O)OC2CCC(F)CC2)CC1. The third-order valence-electron chi connectivity index (χ3n) is 4.30. The highest BCUT2D eigenvalue weighted by molar-refractivity contribution is 5.72. The lowest BCUT2D eigenvalue weighted by molar-refractivity contribution is -0.158. The Morgan fingerprint density at radius 1 is 1.00 bits per heavy atom. The van der Waals surface area contributed by atoms with Gasteiger partial charge >= 0.3 is 5.97 Å². The maximum atomic E-state index is 13.0. The molecule has 19 heavy (non-hydrogen) atoms. The number of carbonyl (C=O) groups excluding carboxylic acids is 1. The topological polar surface area (TPSA) is 35.5 Å². The van der Waals surface area contributed by atoms with E-state index in [4.69, 9.17) is 9.47 Å². The fourth-order valence-corrected chi connectivity index (χ4v) is 3.10. The second-order valence-corrected chi connectivity index (χ2v) is 5.74.